The average Bonchev–Trinajstić information content (AvgIpc) is 2.80. The summed E-state index contributed by atoms with van der Waals surface area (Å²) >= 11 is 0. The Kier molecular flexibility index (Phi) is 7.81. The van der Waals surface area contributed by atoms with Crippen molar-refractivity contribution in [2.45, 2.75) is 32.9 Å². The van der Waals surface area contributed by atoms with E-state index in [9.17, 15) is 19.1 Å². The number of aliphatic hydroxyl groups is 1. The minimum absolute atomic E-state index is 0.170. The topological polar surface area (TPSA) is 83.0 Å². The van der Waals surface area contributed by atoms with Gasteiger partial charge in [-0.1, -0.05) is 25.1 Å². The lowest BCUT2D eigenvalue weighted by atomic mass is 9.99. The van der Waals surface area contributed by atoms with Gasteiger partial charge >= 0.3 is 0 Å². The van der Waals surface area contributed by atoms with E-state index in [-0.39, 0.29) is 42.3 Å². The van der Waals surface area contributed by atoms with Crippen molar-refractivity contribution in [1.29, 1.82) is 0 Å². The van der Waals surface area contributed by atoms with E-state index in [4.69, 9.17) is 4.74 Å². The summed E-state index contributed by atoms with van der Waals surface area (Å²) in [5, 5.41) is 9.74. The summed E-state index contributed by atoms with van der Waals surface area (Å²) in [7, 11) is 1.63. The molecule has 33 heavy (non-hydrogen) atoms. The summed E-state index contributed by atoms with van der Waals surface area (Å²) in [6, 6.07) is 6.86. The van der Waals surface area contributed by atoms with Gasteiger partial charge in [0, 0.05) is 31.3 Å². The molecule has 2 amide bonds. The van der Waals surface area contributed by atoms with Crippen LogP contribution in [0.5, 0.6) is 5.88 Å². The fraction of sp³-hybridized carbons (Fsp3) is 0.400. The third-order valence-electron chi connectivity index (χ3n) is 5.77. The number of amides is 2. The number of pyridine rings is 1. The summed E-state index contributed by atoms with van der Waals surface area (Å²) in [5.41, 5.74) is 1.31. The van der Waals surface area contributed by atoms with E-state index in [0.29, 0.717) is 12.1 Å². The molecule has 1 aliphatic heterocycles. The molecule has 3 atom stereocenters. The first-order valence-corrected chi connectivity index (χ1v) is 11.0. The zero-order valence-corrected chi connectivity index (χ0v) is 19.4. The van der Waals surface area contributed by atoms with E-state index in [2.05, 4.69) is 4.98 Å². The van der Waals surface area contributed by atoms with Crippen molar-refractivity contribution < 1.29 is 23.8 Å². The lowest BCUT2D eigenvalue weighted by Gasteiger charge is -2.37. The van der Waals surface area contributed by atoms with Gasteiger partial charge < -0.3 is 19.6 Å². The van der Waals surface area contributed by atoms with E-state index in [0.717, 1.165) is 5.56 Å². The molecule has 2 heterocycles. The molecule has 1 aromatic carbocycles. The van der Waals surface area contributed by atoms with Gasteiger partial charge in [-0.2, -0.15) is 0 Å². The molecule has 2 aromatic rings. The Morgan fingerprint density at radius 1 is 1.42 bits per heavy atom. The molecule has 0 bridgehead atoms. The molecular weight excluding hydrogens is 425 g/mol. The standard InChI is InChI=1S/C25H30FN3O4/c1-5-7-18-10-21-23(27-12-18)33-22(16(2)13-29(25(21)32)17(3)15-30)14-28(4)24(31)19-8-6-9-20(26)11-19/h5-12,16-17,22,30H,13-15H2,1-4H3/b7-5+/t16-,17+,22-/m0/s1. The number of aliphatic hydroxyl groups excluding tert-OH is 1. The second-order valence-corrected chi connectivity index (χ2v) is 8.44. The normalized spacial score (nSPS) is 19.5. The van der Waals surface area contributed by atoms with E-state index < -0.39 is 18.0 Å². The molecule has 3 rings (SSSR count). The van der Waals surface area contributed by atoms with E-state index in [1.165, 1.54) is 23.1 Å². The zero-order chi connectivity index (χ0) is 24.1. The molecule has 0 radical (unpaired) electrons. The van der Waals surface area contributed by atoms with Crippen molar-refractivity contribution >= 4 is 17.9 Å². The zero-order valence-electron chi connectivity index (χ0n) is 19.4. The molecule has 0 saturated heterocycles. The van der Waals surface area contributed by atoms with Crippen LogP contribution < -0.4 is 4.74 Å². The maximum Gasteiger partial charge on any atom is 0.259 e. The highest BCUT2D eigenvalue weighted by Crippen LogP contribution is 2.28. The first-order valence-electron chi connectivity index (χ1n) is 11.0. The van der Waals surface area contributed by atoms with Crippen LogP contribution >= 0.6 is 0 Å². The van der Waals surface area contributed by atoms with Crippen molar-refractivity contribution in [2.24, 2.45) is 5.92 Å². The number of nitrogens with zero attached hydrogens (tertiary/aromatic N) is 3. The third-order valence-corrected chi connectivity index (χ3v) is 5.77. The van der Waals surface area contributed by atoms with Crippen molar-refractivity contribution in [3.63, 3.8) is 0 Å². The molecule has 1 aromatic heterocycles. The SMILES string of the molecule is C/C=C/c1cnc2c(c1)C(=O)N([C@H](C)CO)C[C@H](C)[C@H](CN(C)C(=O)c1cccc(F)c1)O2. The number of halogens is 1. The minimum Gasteiger partial charge on any atom is -0.472 e. The number of benzene rings is 1. The van der Waals surface area contributed by atoms with Crippen molar-refractivity contribution in [1.82, 2.24) is 14.8 Å². The van der Waals surface area contributed by atoms with Gasteiger partial charge in [0.15, 0.2) is 0 Å². The Bertz CT molecular complexity index is 1040. The van der Waals surface area contributed by atoms with Gasteiger partial charge in [-0.25, -0.2) is 9.37 Å². The van der Waals surface area contributed by atoms with Crippen LogP contribution in [0.2, 0.25) is 0 Å². The quantitative estimate of drug-likeness (QED) is 0.723. The predicted octanol–water partition coefficient (Wildman–Crippen LogP) is 3.25. The van der Waals surface area contributed by atoms with Crippen LogP contribution in [0.15, 0.2) is 42.6 Å². The molecule has 8 heteroatoms. The monoisotopic (exact) mass is 455 g/mol. The van der Waals surface area contributed by atoms with Crippen LogP contribution in [0.4, 0.5) is 4.39 Å². The van der Waals surface area contributed by atoms with Crippen LogP contribution in [0.25, 0.3) is 6.08 Å². The Balaban J connectivity index is 1.93. The number of fused-ring (bicyclic) bond motifs is 1. The van der Waals surface area contributed by atoms with Gasteiger partial charge in [-0.3, -0.25) is 9.59 Å². The molecule has 0 saturated carbocycles. The van der Waals surface area contributed by atoms with Gasteiger partial charge in [0.05, 0.1) is 19.2 Å². The van der Waals surface area contributed by atoms with Crippen molar-refractivity contribution in [3.05, 3.63) is 65.1 Å². The number of rotatable bonds is 6. The Morgan fingerprint density at radius 2 is 2.18 bits per heavy atom. The van der Waals surface area contributed by atoms with Gasteiger partial charge in [-0.05, 0) is 43.7 Å². The molecule has 0 spiro atoms. The summed E-state index contributed by atoms with van der Waals surface area (Å²) in [6.45, 7) is 5.95. The van der Waals surface area contributed by atoms with Gasteiger partial charge in [0.2, 0.25) is 5.88 Å². The van der Waals surface area contributed by atoms with Crippen LogP contribution in [-0.2, 0) is 0 Å². The van der Waals surface area contributed by atoms with E-state index in [1.807, 2.05) is 26.0 Å². The lowest BCUT2D eigenvalue weighted by Crippen LogP contribution is -2.50. The number of hydrogen-bond acceptors (Lipinski definition) is 5. The minimum atomic E-state index is -0.480. The van der Waals surface area contributed by atoms with Crippen molar-refractivity contribution in [3.8, 4) is 5.88 Å². The fourth-order valence-corrected chi connectivity index (χ4v) is 3.81. The molecule has 1 N–H and O–H groups in total. The Hall–Kier alpha value is -3.26. The highest BCUT2D eigenvalue weighted by Gasteiger charge is 2.34. The van der Waals surface area contributed by atoms with Crippen LogP contribution in [0, 0.1) is 11.7 Å². The number of allylic oxidation sites excluding steroid dienone is 1. The number of ether oxygens (including phenoxy) is 1. The van der Waals surface area contributed by atoms with Crippen molar-refractivity contribution in [2.75, 3.05) is 26.7 Å². The number of carbonyl (C=O) groups is 2. The lowest BCUT2D eigenvalue weighted by molar-refractivity contribution is 0.0313. The first-order chi connectivity index (χ1) is 15.7. The molecule has 0 fully saturated rings. The highest BCUT2D eigenvalue weighted by atomic mass is 19.1. The highest BCUT2D eigenvalue weighted by molar-refractivity contribution is 5.97. The van der Waals surface area contributed by atoms with Crippen LogP contribution in [0.1, 0.15) is 47.1 Å². The van der Waals surface area contributed by atoms with E-state index >= 15 is 0 Å². The number of likely N-dealkylation sites (N-methyl/N-ethyl adjacent to an activating group) is 1. The summed E-state index contributed by atoms with van der Waals surface area (Å²) in [4.78, 5) is 33.6. The van der Waals surface area contributed by atoms with Gasteiger partial charge in [0.25, 0.3) is 11.8 Å². The first kappa shape index (κ1) is 24.4. The summed E-state index contributed by atoms with van der Waals surface area (Å²) in [5.74, 6) is -1.06. The predicted molar refractivity (Wildman–Crippen MR) is 123 cm³/mol. The maximum absolute atomic E-state index is 13.6. The number of aromatic nitrogens is 1. The molecule has 176 valence electrons. The second kappa shape index (κ2) is 10.6. The Labute approximate surface area is 193 Å². The smallest absolute Gasteiger partial charge is 0.259 e. The molecule has 1 aliphatic rings. The fourth-order valence-electron chi connectivity index (χ4n) is 3.81. The number of carbonyl (C=O) groups excluding carboxylic acids is 2. The van der Waals surface area contributed by atoms with Crippen LogP contribution in [0.3, 0.4) is 0 Å². The molecular formula is C25H30FN3O4. The second-order valence-electron chi connectivity index (χ2n) is 8.44. The van der Waals surface area contributed by atoms with Gasteiger partial charge in [0.1, 0.15) is 17.5 Å². The molecule has 7 nitrogen and oxygen atoms in total. The summed E-state index contributed by atoms with van der Waals surface area (Å²) in [6.07, 6.45) is 4.83. The van der Waals surface area contributed by atoms with E-state index in [1.54, 1.807) is 37.2 Å². The van der Waals surface area contributed by atoms with Crippen LogP contribution in [-0.4, -0.2) is 70.6 Å². The largest absolute Gasteiger partial charge is 0.472 e. The third kappa shape index (κ3) is 5.57. The molecule has 0 unspecified atom stereocenters. The average molecular weight is 456 g/mol. The summed E-state index contributed by atoms with van der Waals surface area (Å²) < 4.78 is 19.8. The maximum atomic E-state index is 13.6. The Morgan fingerprint density at radius 3 is 2.85 bits per heavy atom. The molecule has 0 aliphatic carbocycles. The number of hydrogen-bond donors (Lipinski definition) is 1. The van der Waals surface area contributed by atoms with Gasteiger partial charge in [-0.15, -0.1) is 0 Å².